The van der Waals surface area contributed by atoms with Gasteiger partial charge in [-0.3, -0.25) is 14.5 Å². The molecular weight excluding hydrogens is 911 g/mol. The largest absolute Gasteiger partial charge is 0.317 e. The highest BCUT2D eigenvalue weighted by Gasteiger charge is 2.20. The van der Waals surface area contributed by atoms with E-state index in [4.69, 9.17) is 4.98 Å². The molecule has 1 aliphatic carbocycles. The molecule has 0 saturated heterocycles. The molecule has 7 heterocycles. The van der Waals surface area contributed by atoms with Crippen LogP contribution in [0.4, 0.5) is 0 Å². The van der Waals surface area contributed by atoms with E-state index in [1.807, 2.05) is 60.8 Å². The van der Waals surface area contributed by atoms with Crippen molar-refractivity contribution in [2.24, 2.45) is 0 Å². The molecule has 13 aromatic rings. The molecule has 0 atom stereocenters. The first-order chi connectivity index (χ1) is 34.1. The highest BCUT2D eigenvalue weighted by Crippen LogP contribution is 2.40. The lowest BCUT2D eigenvalue weighted by Crippen LogP contribution is -1.99. The predicted octanol–water partition coefficient (Wildman–Crippen LogP) is 15.3. The zero-order valence-electron chi connectivity index (χ0n) is 37.3. The van der Waals surface area contributed by atoms with Crippen molar-refractivity contribution < 1.29 is 0 Å². The lowest BCUT2D eigenvalue weighted by molar-refractivity contribution is 1.08. The van der Waals surface area contributed by atoms with E-state index in [-0.39, 0.29) is 0 Å². The number of aromatic nitrogens is 7. The maximum Gasteiger partial charge on any atom is 0.138 e. The van der Waals surface area contributed by atoms with Crippen molar-refractivity contribution in [2.75, 3.05) is 0 Å². The lowest BCUT2D eigenvalue weighted by Gasteiger charge is -2.10. The second kappa shape index (κ2) is 18.2. The Morgan fingerprint density at radius 3 is 1.70 bits per heavy atom. The number of pyridine rings is 4. The van der Waals surface area contributed by atoms with E-state index >= 15 is 0 Å². The smallest absolute Gasteiger partial charge is 0.138 e. The summed E-state index contributed by atoms with van der Waals surface area (Å²) in [5.74, 6) is 0.893. The van der Waals surface area contributed by atoms with Gasteiger partial charge in [0.1, 0.15) is 10.4 Å². The highest BCUT2D eigenvalue weighted by atomic mass is 79.9. The van der Waals surface area contributed by atoms with Crippen molar-refractivity contribution in [1.29, 1.82) is 0 Å². The maximum absolute atomic E-state index is 5.05. The van der Waals surface area contributed by atoms with Gasteiger partial charge in [0.15, 0.2) is 0 Å². The molecule has 8 heteroatoms. The van der Waals surface area contributed by atoms with Gasteiger partial charge in [-0.1, -0.05) is 91.0 Å². The normalized spacial score (nSPS) is 11.5. The maximum atomic E-state index is 5.05. The summed E-state index contributed by atoms with van der Waals surface area (Å²) in [7, 11) is 0. The van der Waals surface area contributed by atoms with E-state index in [0.717, 1.165) is 56.1 Å². The molecule has 0 radical (unpaired) electrons. The summed E-state index contributed by atoms with van der Waals surface area (Å²) >= 11 is 3.33. The zero-order valence-corrected chi connectivity index (χ0v) is 38.9. The van der Waals surface area contributed by atoms with Crippen molar-refractivity contribution in [3.63, 3.8) is 0 Å². The van der Waals surface area contributed by atoms with Gasteiger partial charge in [0, 0.05) is 81.2 Å². The Morgan fingerprint density at radius 2 is 1.01 bits per heavy atom. The molecular formula is C61H42BrN7. The van der Waals surface area contributed by atoms with Gasteiger partial charge in [-0.2, -0.15) is 0 Å². The molecule has 7 aromatic heterocycles. The van der Waals surface area contributed by atoms with Gasteiger partial charge in [-0.25, -0.2) is 9.97 Å². The summed E-state index contributed by atoms with van der Waals surface area (Å²) in [5.41, 5.74) is 16.7. The molecule has 0 saturated carbocycles. The van der Waals surface area contributed by atoms with Crippen LogP contribution in [0.3, 0.4) is 0 Å². The first-order valence-corrected chi connectivity index (χ1v) is 23.7. The summed E-state index contributed by atoms with van der Waals surface area (Å²) in [4.78, 5) is 17.7. The van der Waals surface area contributed by atoms with Crippen molar-refractivity contribution >= 4 is 59.5 Å². The minimum absolute atomic E-state index is 0.842. The molecule has 1 aliphatic rings. The molecule has 0 spiro atoms. The Kier molecular flexibility index (Phi) is 11.0. The number of benzene rings is 6. The third-order valence-electron chi connectivity index (χ3n) is 12.7. The van der Waals surface area contributed by atoms with E-state index in [1.165, 1.54) is 60.5 Å². The van der Waals surface area contributed by atoms with Gasteiger partial charge in [0.2, 0.25) is 0 Å². The third-order valence-corrected chi connectivity index (χ3v) is 13.2. The van der Waals surface area contributed by atoms with Crippen molar-refractivity contribution in [3.8, 4) is 50.8 Å². The quantitative estimate of drug-likeness (QED) is 0.161. The molecule has 7 nitrogen and oxygen atoms in total. The second-order valence-corrected chi connectivity index (χ2v) is 17.7. The van der Waals surface area contributed by atoms with E-state index in [2.05, 4.69) is 209 Å². The molecule has 0 amide bonds. The Balaban J connectivity index is 0.000000120. The summed E-state index contributed by atoms with van der Waals surface area (Å²) in [6.45, 7) is 0. The van der Waals surface area contributed by atoms with Crippen LogP contribution in [-0.4, -0.2) is 33.6 Å². The van der Waals surface area contributed by atoms with Crippen LogP contribution in [0, 0.1) is 0 Å². The Labute approximate surface area is 407 Å². The van der Waals surface area contributed by atoms with Crippen LogP contribution in [0.5, 0.6) is 0 Å². The molecule has 14 rings (SSSR count). The monoisotopic (exact) mass is 951 g/mol. The molecule has 69 heavy (non-hydrogen) atoms. The number of hydrogen-bond acceptors (Lipinski definition) is 4. The number of hydrogen-bond donors (Lipinski definition) is 0. The minimum Gasteiger partial charge on any atom is -0.317 e. The van der Waals surface area contributed by atoms with Gasteiger partial charge < -0.3 is 9.13 Å². The van der Waals surface area contributed by atoms with Gasteiger partial charge in [-0.15, -0.1) is 0 Å². The van der Waals surface area contributed by atoms with E-state index in [1.54, 1.807) is 18.6 Å². The van der Waals surface area contributed by atoms with Crippen LogP contribution < -0.4 is 0 Å². The molecule has 0 fully saturated rings. The van der Waals surface area contributed by atoms with Gasteiger partial charge >= 0.3 is 0 Å². The Morgan fingerprint density at radius 1 is 0.406 bits per heavy atom. The van der Waals surface area contributed by atoms with Gasteiger partial charge in [-0.05, 0) is 160 Å². The standard InChI is InChI=1S/C30H20N4.C21H15N.C10H7BrN2/c1-2-9-23(10-3-1)33-17-15-21-18-25-24-11-4-5-13-27(24)34(29(25)19-28(21)33)30-14-6-12-26(32-30)22-8-7-16-31-20-22;1-2-7-18(8-3-1)22-11-10-16-13-20-17(14-21(16)22)12-15-6-4-5-9-19(15)20;11-10-5-1-4-9(13-10)8-3-2-6-12-7-8/h1-20H;1-11,13-14H,12H2;1-7H. The fourth-order valence-electron chi connectivity index (χ4n) is 9.54. The van der Waals surface area contributed by atoms with Crippen LogP contribution >= 0.6 is 15.9 Å². The predicted molar refractivity (Wildman–Crippen MR) is 285 cm³/mol. The summed E-state index contributed by atoms with van der Waals surface area (Å²) in [6.07, 6.45) is 12.5. The van der Waals surface area contributed by atoms with Crippen LogP contribution in [0.1, 0.15) is 11.1 Å². The summed E-state index contributed by atoms with van der Waals surface area (Å²) in [5, 5.41) is 4.97. The minimum atomic E-state index is 0.842. The fraction of sp³-hybridized carbons (Fsp3) is 0.0164. The number of para-hydroxylation sites is 3. The average Bonchev–Trinajstić information content (AvgIpc) is 4.20. The number of fused-ring (bicyclic) bond motifs is 8. The lowest BCUT2D eigenvalue weighted by atomic mass is 10.0. The van der Waals surface area contributed by atoms with Crippen LogP contribution in [-0.2, 0) is 6.42 Å². The Bertz CT molecular complexity index is 3940. The van der Waals surface area contributed by atoms with Crippen LogP contribution in [0.15, 0.2) is 248 Å². The number of rotatable bonds is 5. The van der Waals surface area contributed by atoms with Crippen molar-refractivity contribution in [1.82, 2.24) is 33.6 Å². The van der Waals surface area contributed by atoms with Crippen molar-refractivity contribution in [2.45, 2.75) is 6.42 Å². The molecule has 6 aromatic carbocycles. The van der Waals surface area contributed by atoms with Crippen LogP contribution in [0.25, 0.3) is 94.4 Å². The zero-order chi connectivity index (χ0) is 46.1. The molecule has 0 bridgehead atoms. The topological polar surface area (TPSA) is 66.3 Å². The van der Waals surface area contributed by atoms with Gasteiger partial charge in [0.05, 0.1) is 33.5 Å². The number of halogens is 1. The molecule has 0 unspecified atom stereocenters. The summed E-state index contributed by atoms with van der Waals surface area (Å²) in [6, 6.07) is 71.9. The van der Waals surface area contributed by atoms with Gasteiger partial charge in [0.25, 0.3) is 0 Å². The molecule has 0 N–H and O–H groups in total. The van der Waals surface area contributed by atoms with E-state index in [0.29, 0.717) is 0 Å². The van der Waals surface area contributed by atoms with Crippen molar-refractivity contribution in [3.05, 3.63) is 259 Å². The summed E-state index contributed by atoms with van der Waals surface area (Å²) < 4.78 is 7.63. The average molecular weight is 953 g/mol. The van der Waals surface area contributed by atoms with E-state index < -0.39 is 0 Å². The molecule has 328 valence electrons. The number of nitrogens with zero attached hydrogens (tertiary/aromatic N) is 7. The first kappa shape index (κ1) is 41.7. The fourth-order valence-corrected chi connectivity index (χ4v) is 9.89. The first-order valence-electron chi connectivity index (χ1n) is 22.9. The third kappa shape index (κ3) is 8.07. The van der Waals surface area contributed by atoms with Crippen LogP contribution in [0.2, 0.25) is 0 Å². The molecule has 0 aliphatic heterocycles. The SMILES string of the molecule is Brc1cccc(-c2cccnc2)n1.c1ccc(-n2ccc3cc4c(cc32)Cc2ccccc2-4)cc1.c1ccc(-n2ccc3cc4c5ccccc5n(-c5cccc(-c6cccnc6)n5)c4cc32)cc1. The highest BCUT2D eigenvalue weighted by molar-refractivity contribution is 9.10. The second-order valence-electron chi connectivity index (χ2n) is 16.9. The Hall–Kier alpha value is -8.72. The van der Waals surface area contributed by atoms with E-state index in [9.17, 15) is 0 Å².